The summed E-state index contributed by atoms with van der Waals surface area (Å²) < 4.78 is 0. The van der Waals surface area contributed by atoms with Crippen LogP contribution in [0.3, 0.4) is 0 Å². The average molecular weight is 296 g/mol. The minimum Gasteiger partial charge on any atom is -0.477 e. The molecule has 2 aromatic rings. The molecular formula is C13H16N2O2S2. The molecule has 2 N–H and O–H groups in total. The largest absolute Gasteiger partial charge is 0.477 e. The number of nitrogens with one attached hydrogen (secondary N) is 1. The molecule has 0 saturated heterocycles. The third-order valence-electron chi connectivity index (χ3n) is 2.66. The van der Waals surface area contributed by atoms with Gasteiger partial charge in [0.1, 0.15) is 4.88 Å². The summed E-state index contributed by atoms with van der Waals surface area (Å²) in [7, 11) is 0. The Kier molecular flexibility index (Phi) is 4.21. The van der Waals surface area contributed by atoms with Crippen molar-refractivity contribution in [2.24, 2.45) is 0 Å². The summed E-state index contributed by atoms with van der Waals surface area (Å²) in [4.78, 5) is 18.1. The summed E-state index contributed by atoms with van der Waals surface area (Å²) in [5.41, 5.74) is 0.569. The van der Waals surface area contributed by atoms with Crippen LogP contribution in [-0.4, -0.2) is 22.1 Å². The molecule has 2 aromatic heterocycles. The highest BCUT2D eigenvalue weighted by molar-refractivity contribution is 7.17. The Morgan fingerprint density at radius 3 is 2.68 bits per heavy atom. The first-order valence-electron chi connectivity index (χ1n) is 5.98. The van der Waals surface area contributed by atoms with Gasteiger partial charge in [0.25, 0.3) is 0 Å². The van der Waals surface area contributed by atoms with E-state index < -0.39 is 5.97 Å². The van der Waals surface area contributed by atoms with Crippen LogP contribution in [-0.2, 0) is 6.42 Å². The highest BCUT2D eigenvalue weighted by atomic mass is 32.1. The summed E-state index contributed by atoms with van der Waals surface area (Å²) in [5, 5.41) is 12.9. The smallest absolute Gasteiger partial charge is 0.347 e. The van der Waals surface area contributed by atoms with Crippen molar-refractivity contribution < 1.29 is 9.90 Å². The molecule has 0 bridgehead atoms. The number of anilines is 1. The zero-order chi connectivity index (χ0) is 14.0. The predicted molar refractivity (Wildman–Crippen MR) is 79.7 cm³/mol. The fraction of sp³-hybridized carbons (Fsp3) is 0.385. The summed E-state index contributed by atoms with van der Waals surface area (Å²) in [6, 6.07) is 4.47. The van der Waals surface area contributed by atoms with Crippen molar-refractivity contribution in [3.63, 3.8) is 0 Å². The first-order valence-corrected chi connectivity index (χ1v) is 7.61. The van der Waals surface area contributed by atoms with Gasteiger partial charge in [0.15, 0.2) is 5.13 Å². The second-order valence-corrected chi connectivity index (χ2v) is 6.87. The number of aryl methyl sites for hydroxylation is 2. The van der Waals surface area contributed by atoms with Crippen LogP contribution in [0.4, 0.5) is 5.13 Å². The molecule has 6 heteroatoms. The van der Waals surface area contributed by atoms with Gasteiger partial charge >= 0.3 is 5.97 Å². The van der Waals surface area contributed by atoms with Crippen LogP contribution in [0.1, 0.15) is 32.0 Å². The van der Waals surface area contributed by atoms with Crippen LogP contribution in [0.2, 0.25) is 0 Å². The van der Waals surface area contributed by atoms with Gasteiger partial charge in [0.05, 0.1) is 5.69 Å². The van der Waals surface area contributed by atoms with Gasteiger partial charge in [-0.1, -0.05) is 11.3 Å². The lowest BCUT2D eigenvalue weighted by atomic mass is 10.2. The molecule has 0 spiro atoms. The first kappa shape index (κ1) is 14.0. The Morgan fingerprint density at radius 2 is 2.16 bits per heavy atom. The monoisotopic (exact) mass is 296 g/mol. The highest BCUT2D eigenvalue weighted by Crippen LogP contribution is 2.24. The zero-order valence-electron chi connectivity index (χ0n) is 11.1. The summed E-state index contributed by atoms with van der Waals surface area (Å²) in [6.45, 7) is 5.89. The van der Waals surface area contributed by atoms with Gasteiger partial charge < -0.3 is 10.4 Å². The summed E-state index contributed by atoms with van der Waals surface area (Å²) >= 11 is 2.98. The Hall–Kier alpha value is -1.40. The Balaban J connectivity index is 2.00. The number of nitrogens with zero attached hydrogens (tertiary/aromatic N) is 1. The van der Waals surface area contributed by atoms with E-state index in [4.69, 9.17) is 5.11 Å². The van der Waals surface area contributed by atoms with Crippen molar-refractivity contribution in [1.29, 1.82) is 0 Å². The van der Waals surface area contributed by atoms with Gasteiger partial charge in [-0.2, -0.15) is 0 Å². The van der Waals surface area contributed by atoms with Crippen LogP contribution in [0.25, 0.3) is 0 Å². The molecule has 0 amide bonds. The van der Waals surface area contributed by atoms with Crippen molar-refractivity contribution in [1.82, 2.24) is 4.98 Å². The van der Waals surface area contributed by atoms with E-state index in [2.05, 4.69) is 36.3 Å². The van der Waals surface area contributed by atoms with E-state index in [0.29, 0.717) is 15.7 Å². The number of carboxylic acids is 1. The Bertz CT molecular complexity index is 589. The van der Waals surface area contributed by atoms with Crippen LogP contribution in [0.15, 0.2) is 12.1 Å². The lowest BCUT2D eigenvalue weighted by Crippen LogP contribution is -2.17. The van der Waals surface area contributed by atoms with Gasteiger partial charge in [-0.25, -0.2) is 9.78 Å². The van der Waals surface area contributed by atoms with E-state index in [-0.39, 0.29) is 6.04 Å². The number of thiazole rings is 1. The lowest BCUT2D eigenvalue weighted by molar-refractivity contribution is 0.0701. The van der Waals surface area contributed by atoms with E-state index in [0.717, 1.165) is 6.42 Å². The molecule has 0 aliphatic carbocycles. The van der Waals surface area contributed by atoms with E-state index in [1.165, 1.54) is 21.1 Å². The highest BCUT2D eigenvalue weighted by Gasteiger charge is 2.15. The number of aromatic carboxylic acids is 1. The van der Waals surface area contributed by atoms with Gasteiger partial charge in [0.2, 0.25) is 0 Å². The summed E-state index contributed by atoms with van der Waals surface area (Å²) in [5.74, 6) is -0.912. The van der Waals surface area contributed by atoms with Crippen LogP contribution >= 0.6 is 22.7 Å². The second-order valence-electron chi connectivity index (χ2n) is 4.50. The van der Waals surface area contributed by atoms with Gasteiger partial charge in [0, 0.05) is 22.2 Å². The second kappa shape index (κ2) is 5.71. The minimum absolute atomic E-state index is 0.227. The topological polar surface area (TPSA) is 62.2 Å². The average Bonchev–Trinajstić information content (AvgIpc) is 2.85. The molecule has 0 saturated carbocycles. The van der Waals surface area contributed by atoms with Crippen LogP contribution in [0, 0.1) is 13.8 Å². The van der Waals surface area contributed by atoms with Gasteiger partial charge in [-0.05, 0) is 32.9 Å². The number of hydrogen-bond donors (Lipinski definition) is 2. The summed E-state index contributed by atoms with van der Waals surface area (Å²) in [6.07, 6.45) is 0.916. The molecule has 102 valence electrons. The maximum atomic E-state index is 11.0. The Morgan fingerprint density at radius 1 is 1.42 bits per heavy atom. The quantitative estimate of drug-likeness (QED) is 0.885. The lowest BCUT2D eigenvalue weighted by Gasteiger charge is -2.11. The standard InChI is InChI=1S/C13H16N2O2S2/c1-7(6-10-5-4-8(2)18-10)14-13-15-9(3)11(19-13)12(16)17/h4-5,7H,6H2,1-3H3,(H,14,15)(H,16,17). The van der Waals surface area contributed by atoms with Crippen LogP contribution < -0.4 is 5.32 Å². The van der Waals surface area contributed by atoms with E-state index in [1.807, 2.05) is 0 Å². The van der Waals surface area contributed by atoms with Crippen molar-refractivity contribution >= 4 is 33.8 Å². The number of thiophene rings is 1. The number of carboxylic acid groups (broad SMARTS) is 1. The third-order valence-corrected chi connectivity index (χ3v) is 4.76. The van der Waals surface area contributed by atoms with Crippen molar-refractivity contribution in [3.05, 3.63) is 32.5 Å². The van der Waals surface area contributed by atoms with E-state index in [9.17, 15) is 4.79 Å². The molecule has 1 atom stereocenters. The normalized spacial score (nSPS) is 12.4. The van der Waals surface area contributed by atoms with Crippen molar-refractivity contribution in [2.45, 2.75) is 33.2 Å². The predicted octanol–water partition coefficient (Wildman–Crippen LogP) is 3.56. The first-order chi connectivity index (χ1) is 8.95. The molecule has 0 radical (unpaired) electrons. The minimum atomic E-state index is -0.912. The fourth-order valence-corrected chi connectivity index (χ4v) is 3.75. The molecule has 19 heavy (non-hydrogen) atoms. The molecule has 0 aliphatic heterocycles. The molecule has 0 fully saturated rings. The number of rotatable bonds is 5. The molecule has 0 aromatic carbocycles. The van der Waals surface area contributed by atoms with Gasteiger partial charge in [-0.15, -0.1) is 11.3 Å². The van der Waals surface area contributed by atoms with E-state index in [1.54, 1.807) is 18.3 Å². The molecule has 0 aliphatic rings. The third kappa shape index (κ3) is 3.54. The molecule has 1 unspecified atom stereocenters. The molecule has 4 nitrogen and oxygen atoms in total. The van der Waals surface area contributed by atoms with Crippen molar-refractivity contribution in [3.8, 4) is 0 Å². The number of carbonyl (C=O) groups is 1. The fourth-order valence-electron chi connectivity index (χ4n) is 1.82. The number of aromatic nitrogens is 1. The van der Waals surface area contributed by atoms with Gasteiger partial charge in [-0.3, -0.25) is 0 Å². The SMILES string of the molecule is Cc1ccc(CC(C)Nc2nc(C)c(C(=O)O)s2)s1. The van der Waals surface area contributed by atoms with Crippen molar-refractivity contribution in [2.75, 3.05) is 5.32 Å². The van der Waals surface area contributed by atoms with Crippen LogP contribution in [0.5, 0.6) is 0 Å². The Labute approximate surface area is 120 Å². The maximum Gasteiger partial charge on any atom is 0.347 e. The maximum absolute atomic E-state index is 11.0. The molecule has 2 rings (SSSR count). The van der Waals surface area contributed by atoms with E-state index >= 15 is 0 Å². The zero-order valence-corrected chi connectivity index (χ0v) is 12.7. The number of hydrogen-bond acceptors (Lipinski definition) is 5. The molecular weight excluding hydrogens is 280 g/mol. The molecule has 2 heterocycles.